The first-order valence-electron chi connectivity index (χ1n) is 10.8. The van der Waals surface area contributed by atoms with Gasteiger partial charge in [0.2, 0.25) is 11.8 Å². The third-order valence-corrected chi connectivity index (χ3v) is 5.36. The van der Waals surface area contributed by atoms with E-state index in [0.717, 1.165) is 25.9 Å². The average Bonchev–Trinajstić information content (AvgIpc) is 3.32. The smallest absolute Gasteiger partial charge is 0.293 e. The molecule has 2 aromatic carbocycles. The van der Waals surface area contributed by atoms with Gasteiger partial charge in [0, 0.05) is 49.6 Å². The van der Waals surface area contributed by atoms with Crippen molar-refractivity contribution in [3.05, 3.63) is 58.1 Å². The number of anilines is 3. The van der Waals surface area contributed by atoms with Crippen molar-refractivity contribution in [3.8, 4) is 0 Å². The lowest BCUT2D eigenvalue weighted by Gasteiger charge is -2.22. The van der Waals surface area contributed by atoms with E-state index in [0.29, 0.717) is 17.1 Å². The second kappa shape index (κ2) is 10.6. The monoisotopic (exact) mass is 453 g/mol. The van der Waals surface area contributed by atoms with Crippen LogP contribution in [0.3, 0.4) is 0 Å². The Hall–Kier alpha value is -3.95. The van der Waals surface area contributed by atoms with Gasteiger partial charge in [-0.05, 0) is 56.2 Å². The summed E-state index contributed by atoms with van der Waals surface area (Å²) in [5.74, 6) is -1.05. The summed E-state index contributed by atoms with van der Waals surface area (Å²) in [7, 11) is 0. The van der Waals surface area contributed by atoms with Crippen molar-refractivity contribution in [1.29, 1.82) is 0 Å². The molecule has 0 unspecified atom stereocenters. The summed E-state index contributed by atoms with van der Waals surface area (Å²) < 4.78 is 0. The highest BCUT2D eigenvalue weighted by Crippen LogP contribution is 2.32. The van der Waals surface area contributed by atoms with Crippen molar-refractivity contribution in [2.24, 2.45) is 0 Å². The molecule has 2 aromatic rings. The molecule has 1 aliphatic rings. The predicted octanol–water partition coefficient (Wildman–Crippen LogP) is 3.25. The molecular formula is C23H27N5O5. The Balaban J connectivity index is 1.69. The van der Waals surface area contributed by atoms with Crippen LogP contribution < -0.4 is 15.5 Å². The minimum Gasteiger partial charge on any atom is -0.366 e. The predicted molar refractivity (Wildman–Crippen MR) is 125 cm³/mol. The number of carbonyl (C=O) groups excluding carboxylic acids is 3. The summed E-state index contributed by atoms with van der Waals surface area (Å²) in [5.41, 5.74) is 1.69. The molecule has 174 valence electrons. The topological polar surface area (TPSA) is 125 Å². The molecule has 2 N–H and O–H groups in total. The molecule has 0 aliphatic carbocycles. The van der Waals surface area contributed by atoms with Crippen LogP contribution in [0.15, 0.2) is 42.5 Å². The van der Waals surface area contributed by atoms with Crippen LogP contribution in [-0.4, -0.2) is 53.7 Å². The molecule has 1 heterocycles. The molecule has 3 rings (SSSR count). The van der Waals surface area contributed by atoms with Gasteiger partial charge in [-0.15, -0.1) is 0 Å². The Kier molecular flexibility index (Phi) is 7.60. The van der Waals surface area contributed by atoms with Gasteiger partial charge in [0.25, 0.3) is 11.6 Å². The number of nitro benzene ring substituents is 1. The van der Waals surface area contributed by atoms with Gasteiger partial charge in [0.05, 0.1) is 4.92 Å². The van der Waals surface area contributed by atoms with E-state index in [4.69, 9.17) is 0 Å². The van der Waals surface area contributed by atoms with Gasteiger partial charge < -0.3 is 20.4 Å². The third-order valence-electron chi connectivity index (χ3n) is 5.36. The molecule has 0 radical (unpaired) electrons. The standard InChI is InChI=1S/C23H27N5O5/c1-3-26(15-22(30)25-19-9-7-18(8-10-19)24-16(2)29)23(31)17-6-11-20(21(14-17)28(32)33)27-12-4-5-13-27/h6-11,14H,3-5,12-13,15H2,1-2H3,(H,24,29)(H,25,30). The van der Waals surface area contributed by atoms with Gasteiger partial charge in [-0.2, -0.15) is 0 Å². The van der Waals surface area contributed by atoms with E-state index in [2.05, 4.69) is 10.6 Å². The van der Waals surface area contributed by atoms with E-state index in [1.54, 1.807) is 43.3 Å². The zero-order chi connectivity index (χ0) is 24.0. The number of hydrogen-bond acceptors (Lipinski definition) is 6. The Labute approximate surface area is 191 Å². The van der Waals surface area contributed by atoms with Gasteiger partial charge >= 0.3 is 0 Å². The maximum Gasteiger partial charge on any atom is 0.293 e. The fourth-order valence-electron chi connectivity index (χ4n) is 3.75. The Morgan fingerprint density at radius 1 is 1.03 bits per heavy atom. The van der Waals surface area contributed by atoms with E-state index < -0.39 is 16.7 Å². The SMILES string of the molecule is CCN(CC(=O)Nc1ccc(NC(C)=O)cc1)C(=O)c1ccc(N2CCCC2)c([N+](=O)[O-])c1. The van der Waals surface area contributed by atoms with Crippen molar-refractivity contribution in [3.63, 3.8) is 0 Å². The Morgan fingerprint density at radius 3 is 2.18 bits per heavy atom. The van der Waals surface area contributed by atoms with Crippen molar-refractivity contribution in [1.82, 2.24) is 4.90 Å². The van der Waals surface area contributed by atoms with Crippen LogP contribution in [0.1, 0.15) is 37.0 Å². The van der Waals surface area contributed by atoms with Crippen LogP contribution in [0.4, 0.5) is 22.7 Å². The molecule has 1 saturated heterocycles. The van der Waals surface area contributed by atoms with Gasteiger partial charge in [-0.1, -0.05) is 0 Å². The molecule has 1 aliphatic heterocycles. The first-order valence-corrected chi connectivity index (χ1v) is 10.8. The fraction of sp³-hybridized carbons (Fsp3) is 0.348. The average molecular weight is 453 g/mol. The van der Waals surface area contributed by atoms with Crippen molar-refractivity contribution in [2.75, 3.05) is 41.7 Å². The highest BCUT2D eigenvalue weighted by Gasteiger charge is 2.25. The van der Waals surface area contributed by atoms with Crippen molar-refractivity contribution in [2.45, 2.75) is 26.7 Å². The normalized spacial score (nSPS) is 12.8. The summed E-state index contributed by atoms with van der Waals surface area (Å²) in [6.45, 7) is 4.70. The maximum absolute atomic E-state index is 13.0. The number of rotatable bonds is 8. The number of benzene rings is 2. The lowest BCUT2D eigenvalue weighted by molar-refractivity contribution is -0.384. The van der Waals surface area contributed by atoms with Gasteiger partial charge in [0.1, 0.15) is 12.2 Å². The minimum absolute atomic E-state index is 0.109. The van der Waals surface area contributed by atoms with E-state index in [1.807, 2.05) is 4.90 Å². The quantitative estimate of drug-likeness (QED) is 0.467. The molecule has 10 heteroatoms. The number of nitrogens with zero attached hydrogens (tertiary/aromatic N) is 3. The third kappa shape index (κ3) is 6.06. The second-order valence-electron chi connectivity index (χ2n) is 7.78. The lowest BCUT2D eigenvalue weighted by atomic mass is 10.1. The maximum atomic E-state index is 13.0. The molecule has 33 heavy (non-hydrogen) atoms. The first-order chi connectivity index (χ1) is 15.8. The summed E-state index contributed by atoms with van der Waals surface area (Å²) in [6, 6.07) is 11.1. The Bertz CT molecular complexity index is 1050. The molecule has 0 aromatic heterocycles. The van der Waals surface area contributed by atoms with Gasteiger partial charge in [-0.3, -0.25) is 24.5 Å². The van der Waals surface area contributed by atoms with Crippen LogP contribution in [0.5, 0.6) is 0 Å². The summed E-state index contributed by atoms with van der Waals surface area (Å²) in [6.07, 6.45) is 1.96. The molecule has 0 atom stereocenters. The largest absolute Gasteiger partial charge is 0.366 e. The summed E-state index contributed by atoms with van der Waals surface area (Å²) >= 11 is 0. The van der Waals surface area contributed by atoms with E-state index in [9.17, 15) is 24.5 Å². The molecule has 0 bridgehead atoms. The van der Waals surface area contributed by atoms with E-state index >= 15 is 0 Å². The van der Waals surface area contributed by atoms with Crippen LogP contribution in [0.25, 0.3) is 0 Å². The molecule has 10 nitrogen and oxygen atoms in total. The van der Waals surface area contributed by atoms with E-state index in [1.165, 1.54) is 17.9 Å². The van der Waals surface area contributed by atoms with Crippen LogP contribution >= 0.6 is 0 Å². The number of hydrogen-bond donors (Lipinski definition) is 2. The Morgan fingerprint density at radius 2 is 1.64 bits per heavy atom. The highest BCUT2D eigenvalue weighted by atomic mass is 16.6. The number of carbonyl (C=O) groups is 3. The zero-order valence-electron chi connectivity index (χ0n) is 18.7. The number of nitro groups is 1. The zero-order valence-corrected chi connectivity index (χ0v) is 18.7. The van der Waals surface area contributed by atoms with Gasteiger partial charge in [0.15, 0.2) is 0 Å². The molecule has 1 fully saturated rings. The highest BCUT2D eigenvalue weighted by molar-refractivity contribution is 6.00. The molecular weight excluding hydrogens is 426 g/mol. The molecule has 3 amide bonds. The lowest BCUT2D eigenvalue weighted by Crippen LogP contribution is -2.38. The van der Waals surface area contributed by atoms with Crippen LogP contribution in [0.2, 0.25) is 0 Å². The minimum atomic E-state index is -0.474. The fourth-order valence-corrected chi connectivity index (χ4v) is 3.75. The summed E-state index contributed by atoms with van der Waals surface area (Å²) in [5, 5.41) is 17.0. The number of amides is 3. The molecule has 0 saturated carbocycles. The number of likely N-dealkylation sites (N-methyl/N-ethyl adjacent to an activating group) is 1. The van der Waals surface area contributed by atoms with Crippen molar-refractivity contribution >= 4 is 40.5 Å². The summed E-state index contributed by atoms with van der Waals surface area (Å²) in [4.78, 5) is 51.0. The first kappa shape index (κ1) is 23.7. The van der Waals surface area contributed by atoms with Crippen LogP contribution in [-0.2, 0) is 9.59 Å². The van der Waals surface area contributed by atoms with E-state index in [-0.39, 0.29) is 30.2 Å². The van der Waals surface area contributed by atoms with Gasteiger partial charge in [-0.25, -0.2) is 0 Å². The van der Waals surface area contributed by atoms with Crippen LogP contribution in [0, 0.1) is 10.1 Å². The second-order valence-corrected chi connectivity index (χ2v) is 7.78. The molecule has 0 spiro atoms. The van der Waals surface area contributed by atoms with Crippen molar-refractivity contribution < 1.29 is 19.3 Å². The number of nitrogens with one attached hydrogen (secondary N) is 2.